The Bertz CT molecular complexity index is 1470. The van der Waals surface area contributed by atoms with Crippen molar-refractivity contribution in [3.63, 3.8) is 0 Å². The number of ketones is 1. The number of anilines is 5. The fourth-order valence-corrected chi connectivity index (χ4v) is 4.40. The van der Waals surface area contributed by atoms with E-state index in [0.29, 0.717) is 28.7 Å². The summed E-state index contributed by atoms with van der Waals surface area (Å²) >= 11 is 0. The van der Waals surface area contributed by atoms with Gasteiger partial charge in [-0.25, -0.2) is 13.4 Å². The van der Waals surface area contributed by atoms with Crippen molar-refractivity contribution in [3.8, 4) is 5.75 Å². The second-order valence-electron chi connectivity index (χ2n) is 7.96. The molecule has 0 radical (unpaired) electrons. The van der Waals surface area contributed by atoms with Crippen LogP contribution in [0.1, 0.15) is 23.0 Å². The molecule has 1 aromatic heterocycles. The number of rotatable bonds is 9. The highest BCUT2D eigenvalue weighted by Gasteiger charge is 2.15. The lowest BCUT2D eigenvalue weighted by Gasteiger charge is -2.12. The van der Waals surface area contributed by atoms with E-state index in [0.717, 1.165) is 17.1 Å². The van der Waals surface area contributed by atoms with Crippen molar-refractivity contribution < 1.29 is 17.9 Å². The Morgan fingerprint density at radius 2 is 1.39 bits per heavy atom. The van der Waals surface area contributed by atoms with E-state index < -0.39 is 10.0 Å². The monoisotopic (exact) mass is 503 g/mol. The smallest absolute Gasteiger partial charge is 0.261 e. The van der Waals surface area contributed by atoms with Crippen LogP contribution in [-0.2, 0) is 10.0 Å². The summed E-state index contributed by atoms with van der Waals surface area (Å²) in [4.78, 5) is 20.4. The van der Waals surface area contributed by atoms with Gasteiger partial charge in [0.25, 0.3) is 10.0 Å². The Balaban J connectivity index is 1.44. The molecule has 0 unspecified atom stereocenters. The Morgan fingerprint density at radius 3 is 2.00 bits per heavy atom. The molecule has 0 bridgehead atoms. The second kappa shape index (κ2) is 10.4. The molecule has 0 fully saturated rings. The Hall–Kier alpha value is -4.44. The zero-order valence-electron chi connectivity index (χ0n) is 19.9. The van der Waals surface area contributed by atoms with Gasteiger partial charge in [-0.05, 0) is 74.5 Å². The topological polar surface area (TPSA) is 122 Å². The van der Waals surface area contributed by atoms with Crippen LogP contribution < -0.4 is 20.1 Å². The highest BCUT2D eigenvalue weighted by atomic mass is 32.2. The molecular weight excluding hydrogens is 478 g/mol. The van der Waals surface area contributed by atoms with Gasteiger partial charge in [-0.3, -0.25) is 9.52 Å². The molecule has 0 aliphatic carbocycles. The van der Waals surface area contributed by atoms with Gasteiger partial charge in [0.15, 0.2) is 5.78 Å². The Kier molecular flexibility index (Phi) is 7.16. The van der Waals surface area contributed by atoms with Crippen LogP contribution in [0.15, 0.2) is 83.8 Å². The van der Waals surface area contributed by atoms with Gasteiger partial charge in [-0.1, -0.05) is 12.1 Å². The maximum absolute atomic E-state index is 12.7. The number of aryl methyl sites for hydroxylation is 1. The van der Waals surface area contributed by atoms with Crippen LogP contribution in [0.2, 0.25) is 0 Å². The fraction of sp³-hybridized carbons (Fsp3) is 0.115. The summed E-state index contributed by atoms with van der Waals surface area (Å²) in [7, 11) is -2.18. The lowest BCUT2D eigenvalue weighted by molar-refractivity contribution is 0.101. The molecule has 184 valence electrons. The number of carbonyl (C=O) groups excluding carboxylic acids is 1. The molecule has 0 aliphatic heterocycles. The van der Waals surface area contributed by atoms with Crippen LogP contribution in [0.25, 0.3) is 0 Å². The molecule has 3 N–H and O–H groups in total. The minimum absolute atomic E-state index is 0.0692. The van der Waals surface area contributed by atoms with Crippen LogP contribution in [0, 0.1) is 6.92 Å². The van der Waals surface area contributed by atoms with E-state index in [-0.39, 0.29) is 10.7 Å². The molecule has 1 heterocycles. The number of Topliss-reactive ketones (excluding diaryl/α,β-unsaturated/α-hetero) is 1. The third-order valence-electron chi connectivity index (χ3n) is 5.18. The number of methoxy groups -OCH3 is 1. The summed E-state index contributed by atoms with van der Waals surface area (Å²) < 4.78 is 33.1. The maximum atomic E-state index is 12.7. The van der Waals surface area contributed by atoms with Crippen molar-refractivity contribution in [2.24, 2.45) is 0 Å². The molecule has 0 amide bonds. The normalized spacial score (nSPS) is 11.0. The quantitative estimate of drug-likeness (QED) is 0.264. The van der Waals surface area contributed by atoms with Gasteiger partial charge < -0.3 is 15.4 Å². The van der Waals surface area contributed by atoms with E-state index >= 15 is 0 Å². The molecule has 36 heavy (non-hydrogen) atoms. The first-order chi connectivity index (χ1) is 17.2. The third-order valence-corrected chi connectivity index (χ3v) is 6.58. The van der Waals surface area contributed by atoms with Gasteiger partial charge in [0.2, 0.25) is 5.95 Å². The predicted octanol–water partition coefficient (Wildman–Crippen LogP) is 5.28. The van der Waals surface area contributed by atoms with Crippen LogP contribution >= 0.6 is 0 Å². The SMILES string of the molecule is COc1ccc(Nc2cc(C)nc(Nc3ccc(NS(=O)(=O)c4ccc(C(C)=O)cc4)cc3)n2)cc1. The highest BCUT2D eigenvalue weighted by molar-refractivity contribution is 7.92. The van der Waals surface area contributed by atoms with Crippen LogP contribution in [0.3, 0.4) is 0 Å². The first-order valence-corrected chi connectivity index (χ1v) is 12.5. The molecule has 0 atom stereocenters. The van der Waals surface area contributed by atoms with Crippen molar-refractivity contribution in [3.05, 3.63) is 90.1 Å². The number of benzene rings is 3. The molecular formula is C26H25N5O4S. The average molecular weight is 504 g/mol. The van der Waals surface area contributed by atoms with E-state index in [1.54, 1.807) is 31.4 Å². The maximum Gasteiger partial charge on any atom is 0.261 e. The molecule has 9 nitrogen and oxygen atoms in total. The number of carbonyl (C=O) groups is 1. The first-order valence-electron chi connectivity index (χ1n) is 11.0. The highest BCUT2D eigenvalue weighted by Crippen LogP contribution is 2.23. The summed E-state index contributed by atoms with van der Waals surface area (Å²) in [6.07, 6.45) is 0. The first kappa shape index (κ1) is 24.7. The molecule has 0 spiro atoms. The van der Waals surface area contributed by atoms with E-state index in [9.17, 15) is 13.2 Å². The minimum atomic E-state index is -3.80. The minimum Gasteiger partial charge on any atom is -0.497 e. The van der Waals surface area contributed by atoms with Crippen molar-refractivity contribution >= 4 is 44.6 Å². The number of aromatic nitrogens is 2. The second-order valence-corrected chi connectivity index (χ2v) is 9.64. The number of sulfonamides is 1. The summed E-state index contributed by atoms with van der Waals surface area (Å²) in [6, 6.07) is 21.8. The number of nitrogens with one attached hydrogen (secondary N) is 3. The van der Waals surface area contributed by atoms with Crippen molar-refractivity contribution in [1.82, 2.24) is 9.97 Å². The summed E-state index contributed by atoms with van der Waals surface area (Å²) in [6.45, 7) is 3.30. The lowest BCUT2D eigenvalue weighted by Crippen LogP contribution is -2.13. The number of hydrogen-bond donors (Lipinski definition) is 3. The summed E-state index contributed by atoms with van der Waals surface area (Å²) in [5, 5.41) is 6.38. The van der Waals surface area contributed by atoms with E-state index in [4.69, 9.17) is 4.74 Å². The van der Waals surface area contributed by atoms with Crippen LogP contribution in [0.5, 0.6) is 5.75 Å². The van der Waals surface area contributed by atoms with Gasteiger partial charge in [-0.2, -0.15) is 4.98 Å². The van der Waals surface area contributed by atoms with Gasteiger partial charge in [0, 0.05) is 34.4 Å². The number of ether oxygens (including phenoxy) is 1. The van der Waals surface area contributed by atoms with Crippen LogP contribution in [0.4, 0.5) is 28.8 Å². The van der Waals surface area contributed by atoms with Gasteiger partial charge in [-0.15, -0.1) is 0 Å². The average Bonchev–Trinajstić information content (AvgIpc) is 2.85. The summed E-state index contributed by atoms with van der Waals surface area (Å²) in [5.41, 5.74) is 3.15. The molecule has 4 aromatic rings. The van der Waals surface area contributed by atoms with Crippen LogP contribution in [-0.4, -0.2) is 31.3 Å². The number of nitrogens with zero attached hydrogens (tertiary/aromatic N) is 2. The molecule has 10 heteroatoms. The molecule has 0 saturated carbocycles. The molecule has 4 rings (SSSR count). The van der Waals surface area contributed by atoms with E-state index in [2.05, 4.69) is 25.3 Å². The van der Waals surface area contributed by atoms with E-state index in [1.807, 2.05) is 37.3 Å². The summed E-state index contributed by atoms with van der Waals surface area (Å²) in [5.74, 6) is 1.65. The zero-order chi connectivity index (χ0) is 25.7. The van der Waals surface area contributed by atoms with Crippen molar-refractivity contribution in [2.75, 3.05) is 22.5 Å². The van der Waals surface area contributed by atoms with Gasteiger partial charge >= 0.3 is 0 Å². The largest absolute Gasteiger partial charge is 0.497 e. The Labute approximate surface area is 209 Å². The third kappa shape index (κ3) is 6.16. The van der Waals surface area contributed by atoms with Crippen molar-refractivity contribution in [2.45, 2.75) is 18.7 Å². The lowest BCUT2D eigenvalue weighted by atomic mass is 10.2. The Morgan fingerprint density at radius 1 is 0.806 bits per heavy atom. The zero-order valence-corrected chi connectivity index (χ0v) is 20.8. The molecule has 3 aromatic carbocycles. The number of hydrogen-bond acceptors (Lipinski definition) is 8. The predicted molar refractivity (Wildman–Crippen MR) is 140 cm³/mol. The molecule has 0 saturated heterocycles. The van der Waals surface area contributed by atoms with E-state index in [1.165, 1.54) is 31.2 Å². The van der Waals surface area contributed by atoms with Gasteiger partial charge in [0.1, 0.15) is 11.6 Å². The molecule has 0 aliphatic rings. The van der Waals surface area contributed by atoms with Gasteiger partial charge in [0.05, 0.1) is 12.0 Å². The fourth-order valence-electron chi connectivity index (χ4n) is 3.34. The van der Waals surface area contributed by atoms with Crippen molar-refractivity contribution in [1.29, 1.82) is 0 Å². The standard InChI is InChI=1S/C26H25N5O4S/c1-17-16-25(28-20-10-12-23(35-3)13-11-20)30-26(27-17)29-21-6-8-22(9-7-21)31-36(33,34)24-14-4-19(5-15-24)18(2)32/h4-16,31H,1-3H3,(H2,27,28,29,30).